The van der Waals surface area contributed by atoms with Crippen LogP contribution in [0.2, 0.25) is 0 Å². The molecule has 10 heteroatoms. The summed E-state index contributed by atoms with van der Waals surface area (Å²) in [5.41, 5.74) is 3.05. The Morgan fingerprint density at radius 3 is 2.08 bits per heavy atom. The first-order chi connectivity index (χ1) is 18.6. The zero-order valence-corrected chi connectivity index (χ0v) is 23.4. The van der Waals surface area contributed by atoms with Crippen LogP contribution in [0.3, 0.4) is 0 Å². The Hall–Kier alpha value is -3.24. The number of hydrogen-bond donors (Lipinski definition) is 0. The molecule has 2 aromatic carbocycles. The fourth-order valence-electron chi connectivity index (χ4n) is 5.37. The number of halogens is 3. The smallest absolute Gasteiger partial charge is 0.416 e. The molecule has 0 radical (unpaired) electrons. The number of methoxy groups -OCH3 is 3. The number of aromatic nitrogens is 2. The van der Waals surface area contributed by atoms with Gasteiger partial charge in [0.1, 0.15) is 5.82 Å². The highest BCUT2D eigenvalue weighted by atomic mass is 19.4. The number of alkyl halides is 3. The van der Waals surface area contributed by atoms with Gasteiger partial charge in [0.05, 0.1) is 38.6 Å². The lowest BCUT2D eigenvalue weighted by molar-refractivity contribution is -0.137. The lowest BCUT2D eigenvalue weighted by Crippen LogP contribution is -2.47. The van der Waals surface area contributed by atoms with E-state index in [1.165, 1.54) is 12.1 Å². The van der Waals surface area contributed by atoms with Crippen molar-refractivity contribution in [3.8, 4) is 28.6 Å². The van der Waals surface area contributed by atoms with Crippen molar-refractivity contribution < 1.29 is 27.4 Å². The van der Waals surface area contributed by atoms with E-state index in [1.54, 1.807) is 21.3 Å². The second-order valence-electron chi connectivity index (χ2n) is 9.77. The van der Waals surface area contributed by atoms with Crippen LogP contribution in [-0.4, -0.2) is 66.9 Å². The zero-order chi connectivity index (χ0) is 28.3. The second kappa shape index (κ2) is 11.9. The van der Waals surface area contributed by atoms with E-state index in [-0.39, 0.29) is 6.04 Å². The van der Waals surface area contributed by atoms with Crippen molar-refractivity contribution in [3.63, 3.8) is 0 Å². The van der Waals surface area contributed by atoms with Gasteiger partial charge in [-0.25, -0.2) is 4.98 Å². The van der Waals surface area contributed by atoms with Crippen molar-refractivity contribution >= 4 is 0 Å². The van der Waals surface area contributed by atoms with E-state index >= 15 is 0 Å². The van der Waals surface area contributed by atoms with Crippen molar-refractivity contribution in [2.45, 2.75) is 39.0 Å². The Kier molecular flexibility index (Phi) is 8.76. The van der Waals surface area contributed by atoms with Crippen molar-refractivity contribution in [1.82, 2.24) is 19.4 Å². The maximum atomic E-state index is 13.0. The van der Waals surface area contributed by atoms with Crippen LogP contribution in [0.25, 0.3) is 11.4 Å². The second-order valence-corrected chi connectivity index (χ2v) is 9.77. The van der Waals surface area contributed by atoms with E-state index < -0.39 is 11.7 Å². The van der Waals surface area contributed by atoms with E-state index in [0.717, 1.165) is 68.2 Å². The molecule has 1 aliphatic rings. The molecule has 1 unspecified atom stereocenters. The van der Waals surface area contributed by atoms with Gasteiger partial charge in [-0.15, -0.1) is 0 Å². The van der Waals surface area contributed by atoms with E-state index in [4.69, 9.17) is 19.2 Å². The summed E-state index contributed by atoms with van der Waals surface area (Å²) < 4.78 is 57.7. The molecular formula is C29H37F3N4O3. The Bertz CT molecular complexity index is 1270. The van der Waals surface area contributed by atoms with Crippen molar-refractivity contribution in [3.05, 3.63) is 58.9 Å². The molecule has 0 bridgehead atoms. The standard InChI is InChI=1S/C29H37F3N4O3/c1-7-23(25-19(2)34(3)28(33-25)20-8-11-22(12-9-20)29(30,31)32)36-16-14-35(15-17-36)18-21-10-13-24(37-4)27(39-6)26(21)38-5/h8-13,23H,7,14-18H2,1-6H3. The minimum Gasteiger partial charge on any atom is -0.493 e. The largest absolute Gasteiger partial charge is 0.493 e. The van der Waals surface area contributed by atoms with Gasteiger partial charge in [-0.2, -0.15) is 13.2 Å². The molecule has 4 rings (SSSR count). The SMILES string of the molecule is CCC(c1nc(-c2ccc(C(F)(F)F)cc2)n(C)c1C)N1CCN(Cc2ccc(OC)c(OC)c2OC)CC1. The number of rotatable bonds is 9. The lowest BCUT2D eigenvalue weighted by Gasteiger charge is -2.39. The molecule has 0 saturated carbocycles. The van der Waals surface area contributed by atoms with Crippen LogP contribution in [0.5, 0.6) is 17.2 Å². The number of piperazine rings is 1. The van der Waals surface area contributed by atoms with Crippen LogP contribution in [-0.2, 0) is 19.8 Å². The van der Waals surface area contributed by atoms with E-state index in [2.05, 4.69) is 16.7 Å². The summed E-state index contributed by atoms with van der Waals surface area (Å²) in [7, 11) is 6.77. The number of nitrogens with zero attached hydrogens (tertiary/aromatic N) is 4. The van der Waals surface area contributed by atoms with E-state index in [0.29, 0.717) is 28.6 Å². The van der Waals surface area contributed by atoms with Crippen LogP contribution in [0.1, 0.15) is 41.9 Å². The van der Waals surface area contributed by atoms with Crippen LogP contribution in [0.15, 0.2) is 36.4 Å². The number of benzene rings is 2. The van der Waals surface area contributed by atoms with Crippen molar-refractivity contribution in [2.75, 3.05) is 47.5 Å². The molecule has 39 heavy (non-hydrogen) atoms. The number of imidazole rings is 1. The highest BCUT2D eigenvalue weighted by Gasteiger charge is 2.31. The Morgan fingerprint density at radius 1 is 0.897 bits per heavy atom. The Morgan fingerprint density at radius 2 is 1.54 bits per heavy atom. The van der Waals surface area contributed by atoms with Crippen molar-refractivity contribution in [2.24, 2.45) is 7.05 Å². The molecule has 0 spiro atoms. The van der Waals surface area contributed by atoms with Crippen molar-refractivity contribution in [1.29, 1.82) is 0 Å². The molecule has 212 valence electrons. The lowest BCUT2D eigenvalue weighted by atomic mass is 10.1. The average molecular weight is 547 g/mol. The summed E-state index contributed by atoms with van der Waals surface area (Å²) >= 11 is 0. The first kappa shape index (κ1) is 28.8. The molecule has 7 nitrogen and oxygen atoms in total. The van der Waals surface area contributed by atoms with Crippen LogP contribution < -0.4 is 14.2 Å². The molecule has 1 saturated heterocycles. The third kappa shape index (κ3) is 5.86. The van der Waals surface area contributed by atoms with Gasteiger partial charge in [0.25, 0.3) is 0 Å². The van der Waals surface area contributed by atoms with Crippen LogP contribution in [0, 0.1) is 6.92 Å². The number of ether oxygens (including phenoxy) is 3. The van der Waals surface area contributed by atoms with Crippen LogP contribution in [0.4, 0.5) is 13.2 Å². The molecule has 3 aromatic rings. The van der Waals surface area contributed by atoms with Gasteiger partial charge in [-0.3, -0.25) is 9.80 Å². The Labute approximate surface area is 228 Å². The molecule has 2 heterocycles. The summed E-state index contributed by atoms with van der Waals surface area (Å²) in [6.07, 6.45) is -3.48. The highest BCUT2D eigenvalue weighted by Crippen LogP contribution is 2.40. The summed E-state index contributed by atoms with van der Waals surface area (Å²) in [6.45, 7) is 8.42. The fraction of sp³-hybridized carbons (Fsp3) is 0.483. The zero-order valence-electron chi connectivity index (χ0n) is 23.4. The van der Waals surface area contributed by atoms with Gasteiger partial charge in [-0.1, -0.05) is 25.1 Å². The third-order valence-electron chi connectivity index (χ3n) is 7.62. The third-order valence-corrected chi connectivity index (χ3v) is 7.62. The average Bonchev–Trinajstić information content (AvgIpc) is 3.23. The molecule has 0 aliphatic carbocycles. The molecular weight excluding hydrogens is 509 g/mol. The highest BCUT2D eigenvalue weighted by molar-refractivity contribution is 5.58. The quantitative estimate of drug-likeness (QED) is 0.343. The van der Waals surface area contributed by atoms with Gasteiger partial charge in [0.15, 0.2) is 11.5 Å². The molecule has 0 N–H and O–H groups in total. The van der Waals surface area contributed by atoms with Gasteiger partial charge in [0.2, 0.25) is 5.75 Å². The summed E-state index contributed by atoms with van der Waals surface area (Å²) in [5, 5.41) is 0. The predicted molar refractivity (Wildman–Crippen MR) is 144 cm³/mol. The first-order valence-electron chi connectivity index (χ1n) is 13.1. The molecule has 0 amide bonds. The van der Waals surface area contributed by atoms with E-state index in [1.807, 2.05) is 30.7 Å². The van der Waals surface area contributed by atoms with Gasteiger partial charge in [0, 0.05) is 56.6 Å². The first-order valence-corrected chi connectivity index (χ1v) is 13.1. The van der Waals surface area contributed by atoms with Crippen LogP contribution >= 0.6 is 0 Å². The summed E-state index contributed by atoms with van der Waals surface area (Å²) in [6, 6.07) is 9.26. The Balaban J connectivity index is 1.48. The molecule has 1 aliphatic heterocycles. The number of hydrogen-bond acceptors (Lipinski definition) is 6. The van der Waals surface area contributed by atoms with E-state index in [9.17, 15) is 13.2 Å². The molecule has 1 aromatic heterocycles. The summed E-state index contributed by atoms with van der Waals surface area (Å²) in [5.74, 6) is 2.59. The minimum absolute atomic E-state index is 0.122. The normalized spacial score (nSPS) is 15.8. The molecule has 1 fully saturated rings. The summed E-state index contributed by atoms with van der Waals surface area (Å²) in [4.78, 5) is 9.79. The van der Waals surface area contributed by atoms with Gasteiger partial charge < -0.3 is 18.8 Å². The predicted octanol–water partition coefficient (Wildman–Crippen LogP) is 5.71. The van der Waals surface area contributed by atoms with Gasteiger partial charge >= 0.3 is 6.18 Å². The monoisotopic (exact) mass is 546 g/mol. The molecule has 1 atom stereocenters. The maximum absolute atomic E-state index is 13.0. The minimum atomic E-state index is -4.36. The maximum Gasteiger partial charge on any atom is 0.416 e. The van der Waals surface area contributed by atoms with Gasteiger partial charge in [-0.05, 0) is 31.5 Å². The fourth-order valence-corrected chi connectivity index (χ4v) is 5.37. The topological polar surface area (TPSA) is 52.0 Å².